The molecule has 1 unspecified atom stereocenters. The Morgan fingerprint density at radius 1 is 1.24 bits per heavy atom. The molecule has 0 bridgehead atoms. The molecule has 2 rings (SSSR count). The number of ether oxygens (including phenoxy) is 2. The summed E-state index contributed by atoms with van der Waals surface area (Å²) in [5, 5.41) is 4.47. The minimum atomic E-state index is -0.169. The zero-order valence-corrected chi connectivity index (χ0v) is 12.9. The fourth-order valence-corrected chi connectivity index (χ4v) is 2.43. The molecule has 0 aliphatic heterocycles. The van der Waals surface area contributed by atoms with Gasteiger partial charge < -0.3 is 9.47 Å². The highest BCUT2D eigenvalue weighted by atomic mass is 16.5. The van der Waals surface area contributed by atoms with Crippen molar-refractivity contribution in [2.24, 2.45) is 12.9 Å². The summed E-state index contributed by atoms with van der Waals surface area (Å²) in [6, 6.07) is 5.55. The van der Waals surface area contributed by atoms with Crippen LogP contribution in [0.3, 0.4) is 0 Å². The van der Waals surface area contributed by atoms with Crippen LogP contribution in [-0.2, 0) is 13.5 Å². The number of nitrogens with zero attached hydrogens (tertiary/aromatic N) is 2. The van der Waals surface area contributed by atoms with E-state index in [9.17, 15) is 0 Å². The second-order valence-corrected chi connectivity index (χ2v) is 4.80. The first-order valence-corrected chi connectivity index (χ1v) is 6.84. The van der Waals surface area contributed by atoms with Gasteiger partial charge in [0.1, 0.15) is 11.5 Å². The number of nitrogens with one attached hydrogen (secondary N) is 1. The molecular weight excluding hydrogens is 268 g/mol. The molecule has 0 spiro atoms. The first-order valence-electron chi connectivity index (χ1n) is 6.84. The molecule has 114 valence electrons. The van der Waals surface area contributed by atoms with E-state index in [-0.39, 0.29) is 6.04 Å². The summed E-state index contributed by atoms with van der Waals surface area (Å²) in [5.41, 5.74) is 5.90. The summed E-state index contributed by atoms with van der Waals surface area (Å²) < 4.78 is 12.4. The van der Waals surface area contributed by atoms with Gasteiger partial charge in [-0.15, -0.1) is 0 Å². The number of benzene rings is 1. The van der Waals surface area contributed by atoms with Gasteiger partial charge in [0.05, 0.1) is 26.0 Å². The molecular formula is C15H22N4O2. The smallest absolute Gasteiger partial charge is 0.122 e. The molecule has 2 aromatic rings. The summed E-state index contributed by atoms with van der Waals surface area (Å²) in [4.78, 5) is 0. The molecule has 0 saturated heterocycles. The lowest BCUT2D eigenvalue weighted by molar-refractivity contribution is 0.392. The first kappa shape index (κ1) is 15.3. The molecule has 1 heterocycles. The van der Waals surface area contributed by atoms with Crippen molar-refractivity contribution in [2.45, 2.75) is 19.4 Å². The molecule has 0 radical (unpaired) electrons. The van der Waals surface area contributed by atoms with Crippen LogP contribution in [0.4, 0.5) is 0 Å². The minimum Gasteiger partial charge on any atom is -0.497 e. The van der Waals surface area contributed by atoms with Crippen molar-refractivity contribution in [3.05, 3.63) is 41.2 Å². The van der Waals surface area contributed by atoms with Crippen molar-refractivity contribution in [3.8, 4) is 11.5 Å². The molecule has 0 amide bonds. The van der Waals surface area contributed by atoms with Crippen molar-refractivity contribution in [2.75, 3.05) is 14.2 Å². The van der Waals surface area contributed by atoms with Gasteiger partial charge in [0.2, 0.25) is 0 Å². The third-order valence-electron chi connectivity index (χ3n) is 3.46. The molecule has 0 saturated carbocycles. The molecule has 1 aromatic carbocycles. The molecule has 1 atom stereocenters. The van der Waals surface area contributed by atoms with Gasteiger partial charge in [0, 0.05) is 24.9 Å². The lowest BCUT2D eigenvalue weighted by Crippen LogP contribution is -2.29. The summed E-state index contributed by atoms with van der Waals surface area (Å²) in [5.74, 6) is 7.24. The second kappa shape index (κ2) is 6.60. The van der Waals surface area contributed by atoms with E-state index < -0.39 is 0 Å². The third-order valence-corrected chi connectivity index (χ3v) is 3.46. The number of rotatable bonds is 6. The zero-order valence-electron chi connectivity index (χ0n) is 12.9. The van der Waals surface area contributed by atoms with E-state index in [4.69, 9.17) is 15.3 Å². The minimum absolute atomic E-state index is 0.169. The van der Waals surface area contributed by atoms with Crippen LogP contribution in [0, 0.1) is 0 Å². The average Bonchev–Trinajstić information content (AvgIpc) is 2.88. The molecule has 6 nitrogen and oxygen atoms in total. The van der Waals surface area contributed by atoms with Crippen molar-refractivity contribution in [1.82, 2.24) is 15.2 Å². The van der Waals surface area contributed by atoms with Crippen LogP contribution in [0.25, 0.3) is 0 Å². The topological polar surface area (TPSA) is 74.3 Å². The molecule has 1 aromatic heterocycles. The Morgan fingerprint density at radius 2 is 1.86 bits per heavy atom. The van der Waals surface area contributed by atoms with Gasteiger partial charge in [-0.25, -0.2) is 5.43 Å². The molecule has 21 heavy (non-hydrogen) atoms. The zero-order chi connectivity index (χ0) is 15.4. The van der Waals surface area contributed by atoms with Gasteiger partial charge >= 0.3 is 0 Å². The Kier molecular flexibility index (Phi) is 4.82. The molecule has 3 N–H and O–H groups in total. The van der Waals surface area contributed by atoms with E-state index in [2.05, 4.69) is 17.4 Å². The lowest BCUT2D eigenvalue weighted by Gasteiger charge is -2.18. The Labute approximate surface area is 124 Å². The van der Waals surface area contributed by atoms with Crippen LogP contribution in [0.1, 0.15) is 29.8 Å². The second-order valence-electron chi connectivity index (χ2n) is 4.80. The largest absolute Gasteiger partial charge is 0.497 e. The predicted molar refractivity (Wildman–Crippen MR) is 81.3 cm³/mol. The van der Waals surface area contributed by atoms with Crippen molar-refractivity contribution in [3.63, 3.8) is 0 Å². The highest BCUT2D eigenvalue weighted by Gasteiger charge is 2.20. The van der Waals surface area contributed by atoms with E-state index in [1.807, 2.05) is 31.4 Å². The molecule has 0 fully saturated rings. The quantitative estimate of drug-likeness (QED) is 0.624. The Morgan fingerprint density at radius 3 is 2.33 bits per heavy atom. The number of aromatic nitrogens is 2. The van der Waals surface area contributed by atoms with Gasteiger partial charge in [0.15, 0.2) is 0 Å². The van der Waals surface area contributed by atoms with Crippen LogP contribution in [0.5, 0.6) is 11.5 Å². The first-order chi connectivity index (χ1) is 10.1. The highest BCUT2D eigenvalue weighted by molar-refractivity contribution is 5.43. The van der Waals surface area contributed by atoms with Crippen LogP contribution in [-0.4, -0.2) is 24.0 Å². The van der Waals surface area contributed by atoms with E-state index in [1.165, 1.54) is 0 Å². The van der Waals surface area contributed by atoms with Crippen molar-refractivity contribution in [1.29, 1.82) is 0 Å². The lowest BCUT2D eigenvalue weighted by atomic mass is 9.98. The monoisotopic (exact) mass is 290 g/mol. The van der Waals surface area contributed by atoms with Crippen molar-refractivity contribution >= 4 is 0 Å². The van der Waals surface area contributed by atoms with Crippen LogP contribution < -0.4 is 20.7 Å². The predicted octanol–water partition coefficient (Wildman–Crippen LogP) is 1.55. The van der Waals surface area contributed by atoms with Gasteiger partial charge in [-0.1, -0.05) is 6.92 Å². The van der Waals surface area contributed by atoms with E-state index in [0.717, 1.165) is 34.7 Å². The number of hydrogen-bond acceptors (Lipinski definition) is 5. The SMILES string of the molecule is CCc1nn(C)cc1C(NN)c1cc(OC)cc(OC)c1. The molecule has 0 aliphatic carbocycles. The van der Waals surface area contributed by atoms with E-state index >= 15 is 0 Å². The maximum atomic E-state index is 5.78. The summed E-state index contributed by atoms with van der Waals surface area (Å²) in [7, 11) is 5.17. The van der Waals surface area contributed by atoms with Gasteiger partial charge in [0.25, 0.3) is 0 Å². The fourth-order valence-electron chi connectivity index (χ4n) is 2.43. The Hall–Kier alpha value is -2.05. The summed E-state index contributed by atoms with van der Waals surface area (Å²) in [6.45, 7) is 2.07. The number of hydrazine groups is 1. The maximum Gasteiger partial charge on any atom is 0.122 e. The highest BCUT2D eigenvalue weighted by Crippen LogP contribution is 2.30. The number of hydrogen-bond donors (Lipinski definition) is 2. The summed E-state index contributed by atoms with van der Waals surface area (Å²) in [6.07, 6.45) is 2.82. The summed E-state index contributed by atoms with van der Waals surface area (Å²) >= 11 is 0. The fraction of sp³-hybridized carbons (Fsp3) is 0.400. The number of nitrogens with two attached hydrogens (primary N) is 1. The number of aryl methyl sites for hydroxylation is 2. The van der Waals surface area contributed by atoms with Crippen molar-refractivity contribution < 1.29 is 9.47 Å². The standard InChI is InChI=1S/C15H22N4O2/c1-5-14-13(9-19(2)18-14)15(17-16)10-6-11(20-3)8-12(7-10)21-4/h6-9,15,17H,5,16H2,1-4H3. The molecule has 0 aliphatic rings. The number of methoxy groups -OCH3 is 2. The van der Waals surface area contributed by atoms with Gasteiger partial charge in [-0.05, 0) is 24.1 Å². The molecule has 6 heteroatoms. The maximum absolute atomic E-state index is 5.78. The third kappa shape index (κ3) is 3.17. The normalized spacial score (nSPS) is 12.2. The Bertz CT molecular complexity index is 587. The van der Waals surface area contributed by atoms with Crippen LogP contribution in [0.15, 0.2) is 24.4 Å². The van der Waals surface area contributed by atoms with Gasteiger partial charge in [-0.3, -0.25) is 10.5 Å². The van der Waals surface area contributed by atoms with E-state index in [1.54, 1.807) is 18.9 Å². The van der Waals surface area contributed by atoms with E-state index in [0.29, 0.717) is 0 Å². The Balaban J connectivity index is 2.50. The van der Waals surface area contributed by atoms with Gasteiger partial charge in [-0.2, -0.15) is 5.10 Å². The average molecular weight is 290 g/mol. The van der Waals surface area contributed by atoms with Crippen LogP contribution >= 0.6 is 0 Å². The van der Waals surface area contributed by atoms with Crippen LogP contribution in [0.2, 0.25) is 0 Å².